The van der Waals surface area contributed by atoms with Crippen LogP contribution in [0, 0.1) is 0 Å². The van der Waals surface area contributed by atoms with Crippen molar-refractivity contribution in [1.29, 1.82) is 0 Å². The molecule has 5 nitrogen and oxygen atoms in total. The van der Waals surface area contributed by atoms with Crippen molar-refractivity contribution in [3.05, 3.63) is 0 Å². The maximum absolute atomic E-state index is 12.4. The molecule has 1 saturated heterocycles. The van der Waals surface area contributed by atoms with Crippen molar-refractivity contribution in [2.24, 2.45) is 0 Å². The van der Waals surface area contributed by atoms with E-state index in [1.807, 2.05) is 20.8 Å². The average Bonchev–Trinajstić information content (AvgIpc) is 2.33. The van der Waals surface area contributed by atoms with Gasteiger partial charge in [-0.2, -0.15) is 0 Å². The molecule has 5 heteroatoms. The van der Waals surface area contributed by atoms with E-state index in [-0.39, 0.29) is 24.5 Å². The molecule has 1 rings (SSSR count). The maximum Gasteiger partial charge on any atom is 0.248 e. The van der Waals surface area contributed by atoms with E-state index in [9.17, 15) is 9.59 Å². The second kappa shape index (κ2) is 5.49. The van der Waals surface area contributed by atoms with E-state index >= 15 is 0 Å². The van der Waals surface area contributed by atoms with Gasteiger partial charge in [-0.15, -0.1) is 0 Å². The highest BCUT2D eigenvalue weighted by Gasteiger charge is 2.44. The number of carbonyl (C=O) groups is 2. The zero-order valence-corrected chi connectivity index (χ0v) is 11.1. The molecule has 1 fully saturated rings. The van der Waals surface area contributed by atoms with E-state index in [0.717, 1.165) is 0 Å². The Morgan fingerprint density at radius 3 is 2.47 bits per heavy atom. The molecular formula is C12H22N2O3. The Labute approximate surface area is 102 Å². The number of hydrogen-bond acceptors (Lipinski definition) is 3. The molecule has 17 heavy (non-hydrogen) atoms. The molecule has 0 aromatic rings. The van der Waals surface area contributed by atoms with E-state index in [1.165, 1.54) is 0 Å². The Morgan fingerprint density at radius 1 is 1.41 bits per heavy atom. The third kappa shape index (κ3) is 2.77. The number of hydrogen-bond donors (Lipinski definition) is 1. The Kier molecular flexibility index (Phi) is 4.51. The van der Waals surface area contributed by atoms with Crippen LogP contribution in [-0.4, -0.2) is 48.6 Å². The van der Waals surface area contributed by atoms with Gasteiger partial charge in [0.25, 0.3) is 0 Å². The molecule has 1 unspecified atom stereocenters. The van der Waals surface area contributed by atoms with Crippen LogP contribution in [0.25, 0.3) is 0 Å². The summed E-state index contributed by atoms with van der Waals surface area (Å²) in [4.78, 5) is 25.6. The van der Waals surface area contributed by atoms with Gasteiger partial charge in [0, 0.05) is 13.7 Å². The fraction of sp³-hybridized carbons (Fsp3) is 0.833. The van der Waals surface area contributed by atoms with Crippen molar-refractivity contribution in [2.75, 3.05) is 20.2 Å². The van der Waals surface area contributed by atoms with Crippen molar-refractivity contribution < 1.29 is 14.3 Å². The van der Waals surface area contributed by atoms with Crippen molar-refractivity contribution in [1.82, 2.24) is 10.2 Å². The molecule has 1 atom stereocenters. The van der Waals surface area contributed by atoms with E-state index in [0.29, 0.717) is 19.4 Å². The average molecular weight is 242 g/mol. The van der Waals surface area contributed by atoms with Crippen LogP contribution in [0.5, 0.6) is 0 Å². The van der Waals surface area contributed by atoms with E-state index in [2.05, 4.69) is 5.32 Å². The summed E-state index contributed by atoms with van der Waals surface area (Å²) in [5.41, 5.74) is -0.719. The number of carbonyl (C=O) groups excluding carboxylic acids is 2. The normalized spacial score (nSPS) is 21.3. The molecule has 1 aliphatic rings. The first-order chi connectivity index (χ1) is 7.99. The SMILES string of the molecule is CCC1(CC)NC(=O)CN(CC(C)OC)C1=O. The predicted octanol–water partition coefficient (Wildman–Crippen LogP) is 0.538. The number of amides is 2. The highest BCUT2D eigenvalue weighted by Crippen LogP contribution is 2.22. The second-order valence-electron chi connectivity index (χ2n) is 4.57. The van der Waals surface area contributed by atoms with Gasteiger partial charge in [0.05, 0.1) is 12.6 Å². The summed E-state index contributed by atoms with van der Waals surface area (Å²) in [7, 11) is 1.60. The second-order valence-corrected chi connectivity index (χ2v) is 4.57. The van der Waals surface area contributed by atoms with Gasteiger partial charge in [-0.1, -0.05) is 13.8 Å². The van der Waals surface area contributed by atoms with E-state index in [1.54, 1.807) is 12.0 Å². The summed E-state index contributed by atoms with van der Waals surface area (Å²) in [5, 5.41) is 2.83. The smallest absolute Gasteiger partial charge is 0.248 e. The van der Waals surface area contributed by atoms with Crippen LogP contribution < -0.4 is 5.32 Å². The maximum atomic E-state index is 12.4. The molecule has 0 radical (unpaired) electrons. The zero-order chi connectivity index (χ0) is 13.1. The lowest BCUT2D eigenvalue weighted by Crippen LogP contribution is -2.66. The fourth-order valence-electron chi connectivity index (χ4n) is 2.17. The lowest BCUT2D eigenvalue weighted by atomic mass is 9.89. The molecule has 0 spiro atoms. The Balaban J connectivity index is 2.85. The van der Waals surface area contributed by atoms with Crippen molar-refractivity contribution in [3.8, 4) is 0 Å². The molecule has 2 amide bonds. The van der Waals surface area contributed by atoms with Crippen molar-refractivity contribution in [3.63, 3.8) is 0 Å². The minimum Gasteiger partial charge on any atom is -0.380 e. The van der Waals surface area contributed by atoms with Crippen LogP contribution in [0.15, 0.2) is 0 Å². The van der Waals surface area contributed by atoms with Crippen LogP contribution in [0.3, 0.4) is 0 Å². The van der Waals surface area contributed by atoms with Gasteiger partial charge in [0.2, 0.25) is 11.8 Å². The largest absolute Gasteiger partial charge is 0.380 e. The number of nitrogens with one attached hydrogen (secondary N) is 1. The molecule has 1 N–H and O–H groups in total. The molecular weight excluding hydrogens is 220 g/mol. The number of rotatable bonds is 5. The van der Waals surface area contributed by atoms with Crippen molar-refractivity contribution in [2.45, 2.75) is 45.3 Å². The predicted molar refractivity (Wildman–Crippen MR) is 64.5 cm³/mol. The molecule has 0 aliphatic carbocycles. The summed E-state index contributed by atoms with van der Waals surface area (Å²) >= 11 is 0. The topological polar surface area (TPSA) is 58.6 Å². The van der Waals surface area contributed by atoms with E-state index < -0.39 is 5.54 Å². The summed E-state index contributed by atoms with van der Waals surface area (Å²) in [5.74, 6) is -0.0809. The van der Waals surface area contributed by atoms with Crippen LogP contribution in [-0.2, 0) is 14.3 Å². The van der Waals surface area contributed by atoms with Gasteiger partial charge in [-0.3, -0.25) is 9.59 Å². The van der Waals surface area contributed by atoms with Gasteiger partial charge in [-0.05, 0) is 19.8 Å². The monoisotopic (exact) mass is 242 g/mol. The van der Waals surface area contributed by atoms with Gasteiger partial charge in [-0.25, -0.2) is 0 Å². The van der Waals surface area contributed by atoms with E-state index in [4.69, 9.17) is 4.74 Å². The fourth-order valence-corrected chi connectivity index (χ4v) is 2.17. The molecule has 1 heterocycles. The van der Waals surface area contributed by atoms with Gasteiger partial charge in [0.15, 0.2) is 0 Å². The number of methoxy groups -OCH3 is 1. The van der Waals surface area contributed by atoms with Gasteiger partial charge >= 0.3 is 0 Å². The van der Waals surface area contributed by atoms with Crippen LogP contribution >= 0.6 is 0 Å². The highest BCUT2D eigenvalue weighted by molar-refractivity contribution is 5.97. The number of piperazine rings is 1. The third-order valence-corrected chi connectivity index (χ3v) is 3.50. The lowest BCUT2D eigenvalue weighted by molar-refractivity contribution is -0.151. The first-order valence-electron chi connectivity index (χ1n) is 6.12. The summed E-state index contributed by atoms with van der Waals surface area (Å²) < 4.78 is 5.15. The molecule has 0 saturated carbocycles. The number of nitrogens with zero attached hydrogens (tertiary/aromatic N) is 1. The standard InChI is InChI=1S/C12H22N2O3/c1-5-12(6-2)11(16)14(7-9(3)17-4)8-10(15)13-12/h9H,5-8H2,1-4H3,(H,13,15). The molecule has 0 aromatic heterocycles. The van der Waals surface area contributed by atoms with Crippen LogP contribution in [0.2, 0.25) is 0 Å². The van der Waals surface area contributed by atoms with Gasteiger partial charge in [0.1, 0.15) is 5.54 Å². The lowest BCUT2D eigenvalue weighted by Gasteiger charge is -2.41. The van der Waals surface area contributed by atoms with Crippen LogP contribution in [0.1, 0.15) is 33.6 Å². The van der Waals surface area contributed by atoms with Gasteiger partial charge < -0.3 is 15.0 Å². The minimum atomic E-state index is -0.719. The Hall–Kier alpha value is -1.10. The molecule has 0 bridgehead atoms. The molecule has 98 valence electrons. The number of ether oxygens (including phenoxy) is 1. The molecule has 0 aromatic carbocycles. The van der Waals surface area contributed by atoms with Crippen LogP contribution in [0.4, 0.5) is 0 Å². The highest BCUT2D eigenvalue weighted by atomic mass is 16.5. The Bertz CT molecular complexity index is 300. The zero-order valence-electron chi connectivity index (χ0n) is 11.1. The summed E-state index contributed by atoms with van der Waals surface area (Å²) in [6.45, 7) is 6.33. The van der Waals surface area contributed by atoms with Crippen molar-refractivity contribution >= 4 is 11.8 Å². The first kappa shape index (κ1) is 14.0. The minimum absolute atomic E-state index is 0.00556. The summed E-state index contributed by atoms with van der Waals surface area (Å²) in [6.07, 6.45) is 1.17. The third-order valence-electron chi connectivity index (χ3n) is 3.50. The quantitative estimate of drug-likeness (QED) is 0.765. The molecule has 1 aliphatic heterocycles. The summed E-state index contributed by atoms with van der Waals surface area (Å²) in [6, 6.07) is 0. The first-order valence-corrected chi connectivity index (χ1v) is 6.12. The Morgan fingerprint density at radius 2 is 2.00 bits per heavy atom.